The van der Waals surface area contributed by atoms with E-state index in [2.05, 4.69) is 25.4 Å². The van der Waals surface area contributed by atoms with Crippen molar-refractivity contribution in [2.24, 2.45) is 10.9 Å². The average molecular weight is 447 g/mol. The smallest absolute Gasteiger partial charge is 0.213 e. The Morgan fingerprint density at radius 3 is 2.65 bits per heavy atom. The largest absolute Gasteiger partial charge is 0.357 e. The summed E-state index contributed by atoms with van der Waals surface area (Å²) in [5.41, 5.74) is 4.08. The average Bonchev–Trinajstić information content (AvgIpc) is 3.02. The Kier molecular flexibility index (Phi) is 8.09. The van der Waals surface area contributed by atoms with Crippen molar-refractivity contribution in [2.45, 2.75) is 46.6 Å². The molecule has 1 saturated carbocycles. The third-order valence-electron chi connectivity index (χ3n) is 5.46. The summed E-state index contributed by atoms with van der Waals surface area (Å²) in [5, 5.41) is 10.9. The van der Waals surface area contributed by atoms with Crippen LogP contribution in [-0.2, 0) is 16.6 Å². The van der Waals surface area contributed by atoms with E-state index in [1.807, 2.05) is 55.8 Å². The molecule has 1 fully saturated rings. The quantitative estimate of drug-likeness (QED) is 0.384. The van der Waals surface area contributed by atoms with E-state index in [-0.39, 0.29) is 5.75 Å². The Hall–Kier alpha value is -2.39. The number of sulfonamides is 1. The van der Waals surface area contributed by atoms with Crippen LogP contribution >= 0.6 is 0 Å². The van der Waals surface area contributed by atoms with Gasteiger partial charge in [0.15, 0.2) is 5.96 Å². The van der Waals surface area contributed by atoms with Gasteiger partial charge >= 0.3 is 0 Å². The van der Waals surface area contributed by atoms with Crippen LogP contribution in [0.15, 0.2) is 35.3 Å². The minimum Gasteiger partial charge on any atom is -0.357 e. The molecule has 0 amide bonds. The highest BCUT2D eigenvalue weighted by molar-refractivity contribution is 7.89. The van der Waals surface area contributed by atoms with Gasteiger partial charge < -0.3 is 10.6 Å². The van der Waals surface area contributed by atoms with E-state index >= 15 is 0 Å². The number of rotatable bonds is 10. The SMILES string of the molecule is CCNC(=NCc1ccccc1-n1nc(C)cc1C)NCCS(=O)(=O)NCC1CCC1. The summed E-state index contributed by atoms with van der Waals surface area (Å²) in [4.78, 5) is 4.66. The molecule has 0 unspecified atom stereocenters. The number of aryl methyl sites for hydroxylation is 2. The lowest BCUT2D eigenvalue weighted by Crippen LogP contribution is -2.42. The number of aliphatic imine (C=N–C) groups is 1. The number of para-hydroxylation sites is 1. The molecule has 0 radical (unpaired) electrons. The number of aromatic nitrogens is 2. The zero-order chi connectivity index (χ0) is 22.3. The summed E-state index contributed by atoms with van der Waals surface area (Å²) < 4.78 is 29.1. The maximum absolute atomic E-state index is 12.2. The van der Waals surface area contributed by atoms with E-state index in [1.54, 1.807) is 0 Å². The van der Waals surface area contributed by atoms with Gasteiger partial charge in [-0.2, -0.15) is 5.10 Å². The van der Waals surface area contributed by atoms with Gasteiger partial charge in [0.2, 0.25) is 10.0 Å². The fraction of sp³-hybridized carbons (Fsp3) is 0.545. The topological polar surface area (TPSA) is 100 Å². The molecule has 8 nitrogen and oxygen atoms in total. The van der Waals surface area contributed by atoms with E-state index in [0.717, 1.165) is 35.5 Å². The van der Waals surface area contributed by atoms with Crippen molar-refractivity contribution in [3.05, 3.63) is 47.3 Å². The lowest BCUT2D eigenvalue weighted by atomic mass is 9.86. The molecule has 1 heterocycles. The van der Waals surface area contributed by atoms with Gasteiger partial charge in [0, 0.05) is 25.3 Å². The Balaban J connectivity index is 1.60. The van der Waals surface area contributed by atoms with Crippen molar-refractivity contribution in [3.63, 3.8) is 0 Å². The molecule has 1 aliphatic carbocycles. The van der Waals surface area contributed by atoms with Crippen LogP contribution in [0.5, 0.6) is 0 Å². The van der Waals surface area contributed by atoms with Crippen LogP contribution in [0.1, 0.15) is 43.1 Å². The van der Waals surface area contributed by atoms with Crippen molar-refractivity contribution in [1.29, 1.82) is 0 Å². The second kappa shape index (κ2) is 10.8. The normalized spacial score (nSPS) is 15.0. The number of nitrogens with one attached hydrogen (secondary N) is 3. The molecule has 0 spiro atoms. The second-order valence-electron chi connectivity index (χ2n) is 8.05. The maximum atomic E-state index is 12.2. The molecule has 1 aromatic carbocycles. The molecule has 1 aliphatic rings. The van der Waals surface area contributed by atoms with E-state index in [4.69, 9.17) is 0 Å². The van der Waals surface area contributed by atoms with Gasteiger partial charge in [-0.1, -0.05) is 24.6 Å². The van der Waals surface area contributed by atoms with Crippen LogP contribution in [0.2, 0.25) is 0 Å². The molecule has 2 aromatic rings. The molecule has 0 aliphatic heterocycles. The number of nitrogens with zero attached hydrogens (tertiary/aromatic N) is 3. The van der Waals surface area contributed by atoms with Crippen molar-refractivity contribution in [3.8, 4) is 5.69 Å². The summed E-state index contributed by atoms with van der Waals surface area (Å²) in [6.45, 7) is 7.99. The summed E-state index contributed by atoms with van der Waals surface area (Å²) in [5.74, 6) is 1.12. The Morgan fingerprint density at radius 2 is 2.00 bits per heavy atom. The third-order valence-corrected chi connectivity index (χ3v) is 6.81. The highest BCUT2D eigenvalue weighted by atomic mass is 32.2. The van der Waals surface area contributed by atoms with E-state index in [0.29, 0.717) is 38.1 Å². The first-order valence-corrected chi connectivity index (χ1v) is 12.6. The predicted octanol–water partition coefficient (Wildman–Crippen LogP) is 2.26. The van der Waals surface area contributed by atoms with Gasteiger partial charge in [-0.05, 0) is 57.2 Å². The van der Waals surface area contributed by atoms with Crippen LogP contribution in [0.25, 0.3) is 5.69 Å². The second-order valence-corrected chi connectivity index (χ2v) is 9.98. The predicted molar refractivity (Wildman–Crippen MR) is 125 cm³/mol. The summed E-state index contributed by atoms with van der Waals surface area (Å²) >= 11 is 0. The molecule has 1 aromatic heterocycles. The van der Waals surface area contributed by atoms with Crippen molar-refractivity contribution in [1.82, 2.24) is 25.1 Å². The summed E-state index contributed by atoms with van der Waals surface area (Å²) in [6, 6.07) is 10.1. The maximum Gasteiger partial charge on any atom is 0.213 e. The standard InChI is InChI=1S/C22H34N6O2S/c1-4-23-22(24-12-13-31(29,30)26-15-19-8-7-9-19)25-16-20-10-5-6-11-21(20)28-18(3)14-17(2)27-28/h5-6,10-11,14,19,26H,4,7-9,12-13,15-16H2,1-3H3,(H2,23,24,25). The lowest BCUT2D eigenvalue weighted by molar-refractivity contribution is 0.316. The third kappa shape index (κ3) is 6.80. The molecular weight excluding hydrogens is 412 g/mol. The first kappa shape index (κ1) is 23.3. The molecule has 3 N–H and O–H groups in total. The van der Waals surface area contributed by atoms with Gasteiger partial charge in [-0.15, -0.1) is 0 Å². The molecule has 3 rings (SSSR count). The Labute approximate surface area is 185 Å². The number of guanidine groups is 1. The minimum atomic E-state index is -3.28. The number of benzene rings is 1. The molecule has 0 atom stereocenters. The highest BCUT2D eigenvalue weighted by Gasteiger charge is 2.20. The fourth-order valence-electron chi connectivity index (χ4n) is 3.55. The fourth-order valence-corrected chi connectivity index (χ4v) is 4.55. The number of hydrogen-bond donors (Lipinski definition) is 3. The van der Waals surface area contributed by atoms with Crippen LogP contribution in [-0.4, -0.2) is 49.5 Å². The first-order valence-electron chi connectivity index (χ1n) is 11.0. The van der Waals surface area contributed by atoms with E-state index in [9.17, 15) is 8.42 Å². The molecule has 0 bridgehead atoms. The summed E-state index contributed by atoms with van der Waals surface area (Å²) in [7, 11) is -3.28. The van der Waals surface area contributed by atoms with Gasteiger partial charge in [0.05, 0.1) is 23.7 Å². The minimum absolute atomic E-state index is 0.0203. The van der Waals surface area contributed by atoms with Gasteiger partial charge in [-0.3, -0.25) is 0 Å². The summed E-state index contributed by atoms with van der Waals surface area (Å²) in [6.07, 6.45) is 3.45. The molecule has 9 heteroatoms. The van der Waals surface area contributed by atoms with Crippen LogP contribution < -0.4 is 15.4 Å². The van der Waals surface area contributed by atoms with Gasteiger partial charge in [0.25, 0.3) is 0 Å². The van der Waals surface area contributed by atoms with Crippen LogP contribution in [0, 0.1) is 19.8 Å². The lowest BCUT2D eigenvalue weighted by Gasteiger charge is -2.25. The highest BCUT2D eigenvalue weighted by Crippen LogP contribution is 2.25. The Morgan fingerprint density at radius 1 is 1.23 bits per heavy atom. The first-order chi connectivity index (χ1) is 14.9. The van der Waals surface area contributed by atoms with Gasteiger partial charge in [0.1, 0.15) is 0 Å². The van der Waals surface area contributed by atoms with Crippen LogP contribution in [0.3, 0.4) is 0 Å². The van der Waals surface area contributed by atoms with Crippen LogP contribution in [0.4, 0.5) is 0 Å². The molecule has 31 heavy (non-hydrogen) atoms. The molecular formula is C22H34N6O2S. The van der Waals surface area contributed by atoms with Crippen molar-refractivity contribution < 1.29 is 8.42 Å². The zero-order valence-electron chi connectivity index (χ0n) is 18.7. The monoisotopic (exact) mass is 446 g/mol. The zero-order valence-corrected chi connectivity index (χ0v) is 19.5. The van der Waals surface area contributed by atoms with Crippen molar-refractivity contribution >= 4 is 16.0 Å². The van der Waals surface area contributed by atoms with E-state index < -0.39 is 10.0 Å². The van der Waals surface area contributed by atoms with Crippen molar-refractivity contribution in [2.75, 3.05) is 25.4 Å². The molecule has 0 saturated heterocycles. The number of hydrogen-bond acceptors (Lipinski definition) is 4. The molecule has 170 valence electrons. The van der Waals surface area contributed by atoms with Gasteiger partial charge in [-0.25, -0.2) is 22.8 Å². The Bertz CT molecular complexity index is 995. The van der Waals surface area contributed by atoms with E-state index in [1.165, 1.54) is 6.42 Å².